The predicted molar refractivity (Wildman–Crippen MR) is 73.3 cm³/mol. The van der Waals surface area contributed by atoms with Gasteiger partial charge in [0.05, 0.1) is 20.7 Å². The van der Waals surface area contributed by atoms with Crippen molar-refractivity contribution in [3.05, 3.63) is 55.7 Å². The van der Waals surface area contributed by atoms with Crippen molar-refractivity contribution >= 4 is 39.2 Å². The summed E-state index contributed by atoms with van der Waals surface area (Å²) < 4.78 is 5.42. The maximum absolute atomic E-state index is 12.4. The van der Waals surface area contributed by atoms with Crippen molar-refractivity contribution in [2.75, 3.05) is 0 Å². The van der Waals surface area contributed by atoms with Gasteiger partial charge in [0.1, 0.15) is 11.3 Å². The number of phenols is 1. The summed E-state index contributed by atoms with van der Waals surface area (Å²) in [6, 6.07) is 6.38. The first-order chi connectivity index (χ1) is 9.49. The number of nitro groups is 1. The second kappa shape index (κ2) is 4.21. The monoisotopic (exact) mass is 291 g/mol. The predicted octanol–water partition coefficient (Wildman–Crippen LogP) is 3.21. The van der Waals surface area contributed by atoms with Crippen molar-refractivity contribution < 1.29 is 14.4 Å². The van der Waals surface area contributed by atoms with Gasteiger partial charge < -0.3 is 9.52 Å². The second-order valence-electron chi connectivity index (χ2n) is 4.14. The van der Waals surface area contributed by atoms with Crippen LogP contribution in [0.25, 0.3) is 21.9 Å². The van der Waals surface area contributed by atoms with Crippen molar-refractivity contribution in [1.82, 2.24) is 0 Å². The summed E-state index contributed by atoms with van der Waals surface area (Å²) in [5.74, 6) is -0.106. The zero-order valence-electron chi connectivity index (χ0n) is 9.79. The fourth-order valence-electron chi connectivity index (χ4n) is 2.04. The average Bonchev–Trinajstić information content (AvgIpc) is 2.39. The van der Waals surface area contributed by atoms with E-state index in [1.165, 1.54) is 30.3 Å². The van der Waals surface area contributed by atoms with Crippen LogP contribution in [0.4, 0.5) is 5.69 Å². The molecular weight excluding hydrogens is 286 g/mol. The van der Waals surface area contributed by atoms with Gasteiger partial charge in [-0.15, -0.1) is 0 Å². The molecule has 0 spiro atoms. The minimum absolute atomic E-state index is 0.0598. The lowest BCUT2D eigenvalue weighted by Gasteiger charge is -2.03. The van der Waals surface area contributed by atoms with Crippen molar-refractivity contribution in [2.45, 2.75) is 0 Å². The molecule has 0 aliphatic heterocycles. The van der Waals surface area contributed by atoms with Gasteiger partial charge in [0, 0.05) is 6.07 Å². The summed E-state index contributed by atoms with van der Waals surface area (Å²) in [4.78, 5) is 22.7. The summed E-state index contributed by atoms with van der Waals surface area (Å²) >= 11 is 5.93. The van der Waals surface area contributed by atoms with Crippen LogP contribution in [0.1, 0.15) is 0 Å². The highest BCUT2D eigenvalue weighted by Gasteiger charge is 2.20. The van der Waals surface area contributed by atoms with Crippen LogP contribution in [0, 0.1) is 10.1 Å². The van der Waals surface area contributed by atoms with Crippen LogP contribution >= 0.6 is 11.6 Å². The first kappa shape index (κ1) is 12.4. The molecule has 0 bridgehead atoms. The van der Waals surface area contributed by atoms with E-state index in [0.29, 0.717) is 0 Å². The Bertz CT molecular complexity index is 931. The molecule has 2 aromatic carbocycles. The number of nitro benzene ring substituents is 1. The number of rotatable bonds is 1. The summed E-state index contributed by atoms with van der Waals surface area (Å²) in [7, 11) is 0. The molecule has 100 valence electrons. The minimum atomic E-state index is -0.645. The van der Waals surface area contributed by atoms with Crippen LogP contribution in [0.3, 0.4) is 0 Å². The molecule has 20 heavy (non-hydrogen) atoms. The molecule has 0 unspecified atom stereocenters. The normalized spacial score (nSPS) is 11.1. The molecule has 0 aliphatic rings. The van der Waals surface area contributed by atoms with Crippen molar-refractivity contribution in [2.24, 2.45) is 0 Å². The number of aromatic hydroxyl groups is 1. The Balaban J connectivity index is 2.62. The maximum Gasteiger partial charge on any atom is 0.312 e. The van der Waals surface area contributed by atoms with Crippen LogP contribution in [0.15, 0.2) is 39.5 Å². The number of hydrogen-bond acceptors (Lipinski definition) is 5. The van der Waals surface area contributed by atoms with Gasteiger partial charge in [0.2, 0.25) is 11.0 Å². The fourth-order valence-corrected chi connectivity index (χ4v) is 2.27. The molecule has 0 radical (unpaired) electrons. The zero-order valence-corrected chi connectivity index (χ0v) is 10.5. The molecule has 7 heteroatoms. The summed E-state index contributed by atoms with van der Waals surface area (Å²) in [5, 5.41) is 20.5. The molecule has 1 N–H and O–H groups in total. The Morgan fingerprint density at radius 2 is 2.00 bits per heavy atom. The van der Waals surface area contributed by atoms with E-state index in [9.17, 15) is 20.0 Å². The van der Waals surface area contributed by atoms with Gasteiger partial charge in [-0.25, -0.2) is 0 Å². The minimum Gasteiger partial charge on any atom is -0.508 e. The molecule has 0 saturated carbocycles. The molecule has 1 aromatic heterocycles. The number of hydrogen-bond donors (Lipinski definition) is 1. The third-order valence-electron chi connectivity index (χ3n) is 2.93. The van der Waals surface area contributed by atoms with Crippen LogP contribution < -0.4 is 5.43 Å². The van der Waals surface area contributed by atoms with E-state index in [0.717, 1.165) is 0 Å². The van der Waals surface area contributed by atoms with Crippen molar-refractivity contribution in [3.63, 3.8) is 0 Å². The molecular formula is C13H6ClNO5. The Hall–Kier alpha value is -2.60. The van der Waals surface area contributed by atoms with E-state index in [-0.39, 0.29) is 38.4 Å². The van der Waals surface area contributed by atoms with E-state index in [1.807, 2.05) is 0 Å². The highest BCUT2D eigenvalue weighted by molar-refractivity contribution is 6.35. The van der Waals surface area contributed by atoms with Crippen molar-refractivity contribution in [3.8, 4) is 5.75 Å². The quantitative estimate of drug-likeness (QED) is 0.422. The molecule has 0 atom stereocenters. The van der Waals surface area contributed by atoms with E-state index in [1.54, 1.807) is 0 Å². The molecule has 0 amide bonds. The van der Waals surface area contributed by atoms with Gasteiger partial charge in [0.15, 0.2) is 0 Å². The average molecular weight is 292 g/mol. The second-order valence-corrected chi connectivity index (χ2v) is 4.55. The summed E-state index contributed by atoms with van der Waals surface area (Å²) in [5.41, 5.74) is -0.890. The first-order valence-corrected chi connectivity index (χ1v) is 5.89. The number of benzene rings is 2. The number of fused-ring (bicyclic) bond motifs is 2. The molecule has 1 heterocycles. The third kappa shape index (κ3) is 1.70. The fraction of sp³-hybridized carbons (Fsp3) is 0. The van der Waals surface area contributed by atoms with Crippen LogP contribution in [0.2, 0.25) is 5.02 Å². The molecule has 0 saturated heterocycles. The Morgan fingerprint density at radius 1 is 1.25 bits per heavy atom. The molecule has 3 aromatic rings. The first-order valence-electron chi connectivity index (χ1n) is 5.51. The molecule has 3 rings (SSSR count). The highest BCUT2D eigenvalue weighted by atomic mass is 35.5. The summed E-state index contributed by atoms with van der Waals surface area (Å²) in [6.45, 7) is 0. The number of phenolic OH excluding ortho intramolecular Hbond substituents is 1. The van der Waals surface area contributed by atoms with Gasteiger partial charge in [-0.2, -0.15) is 0 Å². The molecule has 6 nitrogen and oxygen atoms in total. The zero-order chi connectivity index (χ0) is 14.4. The van der Waals surface area contributed by atoms with Crippen LogP contribution in [-0.4, -0.2) is 10.0 Å². The van der Waals surface area contributed by atoms with Gasteiger partial charge in [-0.05, 0) is 24.3 Å². The SMILES string of the molecule is O=c1c2cc(O)ccc2oc2c([N+](=O)[O-])ccc(Cl)c12. The lowest BCUT2D eigenvalue weighted by molar-refractivity contribution is -0.383. The lowest BCUT2D eigenvalue weighted by Crippen LogP contribution is -2.04. The number of halogens is 1. The van der Waals surface area contributed by atoms with Gasteiger partial charge in [-0.1, -0.05) is 11.6 Å². The van der Waals surface area contributed by atoms with Gasteiger partial charge in [-0.3, -0.25) is 14.9 Å². The van der Waals surface area contributed by atoms with E-state index < -0.39 is 10.4 Å². The smallest absolute Gasteiger partial charge is 0.312 e. The topological polar surface area (TPSA) is 93.6 Å². The van der Waals surface area contributed by atoms with Gasteiger partial charge in [0.25, 0.3) is 0 Å². The molecule has 0 fully saturated rings. The number of non-ortho nitro benzene ring substituents is 1. The van der Waals surface area contributed by atoms with E-state index in [2.05, 4.69) is 0 Å². The summed E-state index contributed by atoms with van der Waals surface area (Å²) in [6.07, 6.45) is 0. The number of nitrogens with zero attached hydrogens (tertiary/aromatic N) is 1. The van der Waals surface area contributed by atoms with E-state index in [4.69, 9.17) is 16.0 Å². The Kier molecular flexibility index (Phi) is 2.62. The van der Waals surface area contributed by atoms with Gasteiger partial charge >= 0.3 is 5.69 Å². The third-order valence-corrected chi connectivity index (χ3v) is 3.24. The van der Waals surface area contributed by atoms with Crippen molar-refractivity contribution in [1.29, 1.82) is 0 Å². The lowest BCUT2D eigenvalue weighted by atomic mass is 10.1. The highest BCUT2D eigenvalue weighted by Crippen LogP contribution is 2.32. The molecule has 0 aliphatic carbocycles. The Morgan fingerprint density at radius 3 is 2.70 bits per heavy atom. The largest absolute Gasteiger partial charge is 0.508 e. The Labute approximate surface area is 116 Å². The standard InChI is InChI=1S/C13H6ClNO5/c14-8-2-3-9(15(18)19)13-11(8)12(17)7-5-6(16)1-4-10(7)20-13/h1-5,16H. The van der Waals surface area contributed by atoms with E-state index >= 15 is 0 Å². The maximum atomic E-state index is 12.4. The van der Waals surface area contributed by atoms with Crippen LogP contribution in [0.5, 0.6) is 5.75 Å². The van der Waals surface area contributed by atoms with Crippen LogP contribution in [-0.2, 0) is 0 Å².